The fourth-order valence-corrected chi connectivity index (χ4v) is 1.58. The van der Waals surface area contributed by atoms with Crippen LogP contribution < -0.4 is 0 Å². The minimum atomic E-state index is 0.792. The molecule has 0 aromatic heterocycles. The predicted molar refractivity (Wildman–Crippen MR) is 76.0 cm³/mol. The van der Waals surface area contributed by atoms with Gasteiger partial charge in [0, 0.05) is 0 Å². The van der Waals surface area contributed by atoms with Crippen molar-refractivity contribution in [1.29, 1.82) is 0 Å². The van der Waals surface area contributed by atoms with Crippen LogP contribution in [0.5, 0.6) is 0 Å². The van der Waals surface area contributed by atoms with Crippen LogP contribution in [0.4, 0.5) is 0 Å². The van der Waals surface area contributed by atoms with Crippen LogP contribution in [-0.4, -0.2) is 6.29 Å². The van der Waals surface area contributed by atoms with Gasteiger partial charge < -0.3 is 0 Å². The van der Waals surface area contributed by atoms with E-state index in [0.717, 1.165) is 18.6 Å². The third kappa shape index (κ3) is 9.80. The van der Waals surface area contributed by atoms with E-state index in [4.69, 9.17) is 0 Å². The van der Waals surface area contributed by atoms with Crippen LogP contribution in [0.2, 0.25) is 0 Å². The molecular weight excluding hydrogens is 208 g/mol. The molecule has 0 atom stereocenters. The second-order valence-corrected chi connectivity index (χ2v) is 4.89. The van der Waals surface area contributed by atoms with Crippen LogP contribution in [0.15, 0.2) is 35.5 Å². The molecule has 0 saturated heterocycles. The fraction of sp³-hybridized carbons (Fsp3) is 0.562. The van der Waals surface area contributed by atoms with Gasteiger partial charge in [-0.1, -0.05) is 51.0 Å². The molecule has 96 valence electrons. The molecule has 0 aliphatic carbocycles. The fourth-order valence-electron chi connectivity index (χ4n) is 1.58. The van der Waals surface area contributed by atoms with Gasteiger partial charge in [0.2, 0.25) is 0 Å². The molecule has 0 aliphatic rings. The van der Waals surface area contributed by atoms with Crippen LogP contribution in [0, 0.1) is 5.92 Å². The molecule has 0 rings (SSSR count). The zero-order valence-electron chi connectivity index (χ0n) is 11.7. The van der Waals surface area contributed by atoms with Gasteiger partial charge in [-0.25, -0.2) is 0 Å². The maximum Gasteiger partial charge on any atom is 0.142 e. The van der Waals surface area contributed by atoms with E-state index in [-0.39, 0.29) is 0 Å². The van der Waals surface area contributed by atoms with Crippen molar-refractivity contribution in [3.63, 3.8) is 0 Å². The molecule has 0 aliphatic heterocycles. The summed E-state index contributed by atoms with van der Waals surface area (Å²) in [4.78, 5) is 10.2. The van der Waals surface area contributed by atoms with E-state index in [1.54, 1.807) is 6.08 Å². The minimum absolute atomic E-state index is 0.792. The van der Waals surface area contributed by atoms with Gasteiger partial charge in [0.05, 0.1) is 0 Å². The third-order valence-electron chi connectivity index (χ3n) is 2.73. The molecule has 0 fully saturated rings. The molecular formula is C16H26O. The summed E-state index contributed by atoms with van der Waals surface area (Å²) < 4.78 is 0. The van der Waals surface area contributed by atoms with Gasteiger partial charge in [-0.05, 0) is 43.8 Å². The van der Waals surface area contributed by atoms with Crippen molar-refractivity contribution in [2.75, 3.05) is 0 Å². The van der Waals surface area contributed by atoms with E-state index in [0.29, 0.717) is 0 Å². The Hall–Kier alpha value is -1.11. The molecule has 0 aromatic rings. The lowest BCUT2D eigenvalue weighted by Crippen LogP contribution is -1.87. The highest BCUT2D eigenvalue weighted by Gasteiger charge is 1.94. The van der Waals surface area contributed by atoms with Gasteiger partial charge in [-0.15, -0.1) is 0 Å². The van der Waals surface area contributed by atoms with Crippen LogP contribution in [0.1, 0.15) is 53.4 Å². The van der Waals surface area contributed by atoms with Crippen molar-refractivity contribution in [2.45, 2.75) is 53.4 Å². The van der Waals surface area contributed by atoms with Crippen molar-refractivity contribution in [3.8, 4) is 0 Å². The minimum Gasteiger partial charge on any atom is -0.299 e. The van der Waals surface area contributed by atoms with E-state index in [9.17, 15) is 4.79 Å². The zero-order valence-corrected chi connectivity index (χ0v) is 11.7. The Morgan fingerprint density at radius 2 is 1.94 bits per heavy atom. The molecule has 0 aromatic carbocycles. The molecule has 0 radical (unpaired) electrons. The first-order valence-corrected chi connectivity index (χ1v) is 6.58. The van der Waals surface area contributed by atoms with Crippen molar-refractivity contribution in [2.24, 2.45) is 5.92 Å². The SMILES string of the molecule is CCC(/C=C/C=O)=C\C=C(/C)CCCC(C)C. The van der Waals surface area contributed by atoms with Crippen LogP contribution in [0.25, 0.3) is 0 Å². The van der Waals surface area contributed by atoms with Crippen LogP contribution in [-0.2, 0) is 4.79 Å². The van der Waals surface area contributed by atoms with E-state index >= 15 is 0 Å². The molecule has 0 saturated carbocycles. The maximum absolute atomic E-state index is 10.2. The molecule has 1 heteroatoms. The summed E-state index contributed by atoms with van der Waals surface area (Å²) in [5, 5.41) is 0. The first kappa shape index (κ1) is 15.9. The first-order valence-electron chi connectivity index (χ1n) is 6.58. The first-order chi connectivity index (χ1) is 8.10. The smallest absolute Gasteiger partial charge is 0.142 e. The van der Waals surface area contributed by atoms with Crippen molar-refractivity contribution in [3.05, 3.63) is 35.5 Å². The van der Waals surface area contributed by atoms with Gasteiger partial charge in [0.25, 0.3) is 0 Å². The Kier molecular flexibility index (Phi) is 9.41. The van der Waals surface area contributed by atoms with Crippen molar-refractivity contribution < 1.29 is 4.79 Å². The number of rotatable bonds is 8. The number of carbonyl (C=O) groups is 1. The number of hydrogen-bond acceptors (Lipinski definition) is 1. The Bertz CT molecular complexity index is 293. The normalized spacial score (nSPS) is 13.7. The summed E-state index contributed by atoms with van der Waals surface area (Å²) in [6.45, 7) is 8.80. The third-order valence-corrected chi connectivity index (χ3v) is 2.73. The summed E-state index contributed by atoms with van der Waals surface area (Å²) in [5.74, 6) is 0.792. The van der Waals surface area contributed by atoms with Gasteiger partial charge in [-0.2, -0.15) is 0 Å². The molecule has 0 bridgehead atoms. The van der Waals surface area contributed by atoms with Crippen LogP contribution >= 0.6 is 0 Å². The molecule has 0 unspecified atom stereocenters. The summed E-state index contributed by atoms with van der Waals surface area (Å²) >= 11 is 0. The molecule has 1 nitrogen and oxygen atoms in total. The number of allylic oxidation sites excluding steroid dienone is 6. The predicted octanol–water partition coefficient (Wildman–Crippen LogP) is 4.85. The topological polar surface area (TPSA) is 17.1 Å². The van der Waals surface area contributed by atoms with Gasteiger partial charge in [0.1, 0.15) is 6.29 Å². The lowest BCUT2D eigenvalue weighted by molar-refractivity contribution is -0.104. The summed E-state index contributed by atoms with van der Waals surface area (Å²) in [7, 11) is 0. The molecule has 0 N–H and O–H groups in total. The summed E-state index contributed by atoms with van der Waals surface area (Å²) in [6.07, 6.45) is 13.2. The second-order valence-electron chi connectivity index (χ2n) is 4.89. The monoisotopic (exact) mass is 234 g/mol. The Morgan fingerprint density at radius 3 is 2.47 bits per heavy atom. The average Bonchev–Trinajstić information content (AvgIpc) is 2.29. The molecule has 0 heterocycles. The van der Waals surface area contributed by atoms with Crippen molar-refractivity contribution in [1.82, 2.24) is 0 Å². The lowest BCUT2D eigenvalue weighted by Gasteiger charge is -2.04. The Balaban J connectivity index is 4.21. The number of aldehydes is 1. The molecule has 17 heavy (non-hydrogen) atoms. The Morgan fingerprint density at radius 1 is 1.24 bits per heavy atom. The van der Waals surface area contributed by atoms with Gasteiger partial charge in [-0.3, -0.25) is 4.79 Å². The average molecular weight is 234 g/mol. The van der Waals surface area contributed by atoms with Crippen LogP contribution in [0.3, 0.4) is 0 Å². The van der Waals surface area contributed by atoms with E-state index in [2.05, 4.69) is 39.8 Å². The second kappa shape index (κ2) is 10.1. The summed E-state index contributed by atoms with van der Waals surface area (Å²) in [6, 6.07) is 0. The highest BCUT2D eigenvalue weighted by atomic mass is 16.1. The van der Waals surface area contributed by atoms with E-state index in [1.165, 1.54) is 30.4 Å². The quantitative estimate of drug-likeness (QED) is 0.333. The van der Waals surface area contributed by atoms with E-state index in [1.807, 2.05) is 6.08 Å². The number of carbonyl (C=O) groups excluding carboxylic acids is 1. The van der Waals surface area contributed by atoms with Gasteiger partial charge >= 0.3 is 0 Å². The zero-order chi connectivity index (χ0) is 13.1. The largest absolute Gasteiger partial charge is 0.299 e. The molecule has 0 amide bonds. The number of hydrogen-bond donors (Lipinski definition) is 0. The maximum atomic E-state index is 10.2. The standard InChI is InChI=1S/C16H26O/c1-5-16(10-7-13-17)12-11-15(4)9-6-8-14(2)3/h7,10-14H,5-6,8-9H2,1-4H3/b10-7+,15-11+,16-12+. The molecule has 0 spiro atoms. The highest BCUT2D eigenvalue weighted by Crippen LogP contribution is 2.12. The Labute approximate surface area is 106 Å². The summed E-state index contributed by atoms with van der Waals surface area (Å²) in [5.41, 5.74) is 2.61. The van der Waals surface area contributed by atoms with E-state index < -0.39 is 0 Å². The lowest BCUT2D eigenvalue weighted by atomic mass is 10.0. The van der Waals surface area contributed by atoms with Crippen molar-refractivity contribution >= 4 is 6.29 Å². The highest BCUT2D eigenvalue weighted by molar-refractivity contribution is 5.65. The van der Waals surface area contributed by atoms with Gasteiger partial charge in [0.15, 0.2) is 0 Å².